The van der Waals surface area contributed by atoms with Crippen molar-refractivity contribution in [2.24, 2.45) is 0 Å². The van der Waals surface area contributed by atoms with E-state index in [2.05, 4.69) is 17.2 Å². The zero-order valence-corrected chi connectivity index (χ0v) is 19.0. The van der Waals surface area contributed by atoms with Crippen molar-refractivity contribution >= 4 is 33.2 Å². The SMILES string of the molecule is C=CCNC(=O)c1ccccc1NC(=O)CCCN(c1cc(C)cc(C)c1)S(C)(=O)=O. The molecule has 2 aromatic rings. The standard InChI is InChI=1S/C23H29N3O4S/c1-5-12-24-23(28)20-9-6-7-10-21(20)25-22(27)11-8-13-26(31(4,29)30)19-15-17(2)14-18(3)16-19/h5-7,9-10,14-16H,1,8,11-13H2,2-4H3,(H,24,28)(H,25,27). The number of nitrogens with one attached hydrogen (secondary N) is 2. The summed E-state index contributed by atoms with van der Waals surface area (Å²) in [7, 11) is -3.49. The first kappa shape index (κ1) is 24.1. The molecule has 0 fully saturated rings. The van der Waals surface area contributed by atoms with Gasteiger partial charge in [-0.15, -0.1) is 6.58 Å². The highest BCUT2D eigenvalue weighted by atomic mass is 32.2. The second-order valence-corrected chi connectivity index (χ2v) is 9.28. The number of carbonyl (C=O) groups is 2. The lowest BCUT2D eigenvalue weighted by molar-refractivity contribution is -0.116. The average Bonchev–Trinajstić information content (AvgIpc) is 2.68. The molecule has 0 saturated heterocycles. The number of nitrogens with zero attached hydrogens (tertiary/aromatic N) is 1. The second-order valence-electron chi connectivity index (χ2n) is 7.38. The van der Waals surface area contributed by atoms with Crippen LogP contribution in [0.15, 0.2) is 55.1 Å². The number of benzene rings is 2. The zero-order valence-electron chi connectivity index (χ0n) is 18.1. The van der Waals surface area contributed by atoms with Crippen LogP contribution in [-0.2, 0) is 14.8 Å². The number of sulfonamides is 1. The summed E-state index contributed by atoms with van der Waals surface area (Å²) in [5, 5.41) is 5.43. The fraction of sp³-hybridized carbons (Fsp3) is 0.304. The van der Waals surface area contributed by atoms with E-state index >= 15 is 0 Å². The van der Waals surface area contributed by atoms with Crippen LogP contribution in [0.25, 0.3) is 0 Å². The number of rotatable bonds is 10. The van der Waals surface area contributed by atoms with Crippen molar-refractivity contribution in [2.75, 3.05) is 29.0 Å². The van der Waals surface area contributed by atoms with E-state index in [4.69, 9.17) is 0 Å². The molecule has 7 nitrogen and oxygen atoms in total. The Kier molecular flexibility index (Phi) is 8.38. The number of amides is 2. The maximum Gasteiger partial charge on any atom is 0.253 e. The van der Waals surface area contributed by atoms with Gasteiger partial charge < -0.3 is 10.6 Å². The first-order valence-electron chi connectivity index (χ1n) is 9.96. The molecule has 0 spiro atoms. The van der Waals surface area contributed by atoms with Crippen LogP contribution in [0.3, 0.4) is 0 Å². The number of hydrogen-bond acceptors (Lipinski definition) is 4. The van der Waals surface area contributed by atoms with Crippen LogP contribution >= 0.6 is 0 Å². The lowest BCUT2D eigenvalue weighted by Crippen LogP contribution is -2.31. The highest BCUT2D eigenvalue weighted by molar-refractivity contribution is 7.92. The summed E-state index contributed by atoms with van der Waals surface area (Å²) in [6, 6.07) is 12.3. The summed E-state index contributed by atoms with van der Waals surface area (Å²) in [5.41, 5.74) is 3.28. The Morgan fingerprint density at radius 2 is 1.74 bits per heavy atom. The molecule has 0 radical (unpaired) electrons. The molecule has 0 aromatic heterocycles. The molecule has 0 unspecified atom stereocenters. The van der Waals surface area contributed by atoms with Crippen LogP contribution in [0, 0.1) is 13.8 Å². The number of anilines is 2. The lowest BCUT2D eigenvalue weighted by atomic mass is 10.1. The summed E-state index contributed by atoms with van der Waals surface area (Å²) >= 11 is 0. The molecular weight excluding hydrogens is 414 g/mol. The van der Waals surface area contributed by atoms with Crippen molar-refractivity contribution in [2.45, 2.75) is 26.7 Å². The Hall–Kier alpha value is -3.13. The van der Waals surface area contributed by atoms with Gasteiger partial charge in [-0.2, -0.15) is 0 Å². The summed E-state index contributed by atoms with van der Waals surface area (Å²) in [4.78, 5) is 24.7. The van der Waals surface area contributed by atoms with E-state index in [1.807, 2.05) is 32.0 Å². The third-order valence-corrected chi connectivity index (χ3v) is 5.71. The molecule has 0 atom stereocenters. The van der Waals surface area contributed by atoms with Crippen LogP contribution in [0.5, 0.6) is 0 Å². The van der Waals surface area contributed by atoms with E-state index in [0.29, 0.717) is 29.9 Å². The summed E-state index contributed by atoms with van der Waals surface area (Å²) in [6.07, 6.45) is 3.17. The first-order chi connectivity index (χ1) is 14.6. The maximum absolute atomic E-state index is 12.5. The van der Waals surface area contributed by atoms with Gasteiger partial charge in [-0.3, -0.25) is 13.9 Å². The van der Waals surface area contributed by atoms with Gasteiger partial charge >= 0.3 is 0 Å². The van der Waals surface area contributed by atoms with Crippen molar-refractivity contribution in [3.63, 3.8) is 0 Å². The van der Waals surface area contributed by atoms with Gasteiger partial charge in [0, 0.05) is 19.5 Å². The first-order valence-corrected chi connectivity index (χ1v) is 11.8. The molecule has 0 heterocycles. The smallest absolute Gasteiger partial charge is 0.253 e. The van der Waals surface area contributed by atoms with Gasteiger partial charge in [-0.25, -0.2) is 8.42 Å². The van der Waals surface area contributed by atoms with Crippen molar-refractivity contribution in [1.29, 1.82) is 0 Å². The summed E-state index contributed by atoms with van der Waals surface area (Å²) < 4.78 is 25.9. The lowest BCUT2D eigenvalue weighted by Gasteiger charge is -2.23. The van der Waals surface area contributed by atoms with Crippen molar-refractivity contribution in [3.05, 3.63) is 71.8 Å². The molecule has 8 heteroatoms. The Bertz CT molecular complexity index is 1040. The monoisotopic (exact) mass is 443 g/mol. The highest BCUT2D eigenvalue weighted by Crippen LogP contribution is 2.22. The highest BCUT2D eigenvalue weighted by Gasteiger charge is 2.19. The topological polar surface area (TPSA) is 95.6 Å². The van der Waals surface area contributed by atoms with Crippen LogP contribution in [0.2, 0.25) is 0 Å². The minimum Gasteiger partial charge on any atom is -0.349 e. The molecule has 0 aliphatic heterocycles. The molecule has 0 aliphatic carbocycles. The largest absolute Gasteiger partial charge is 0.349 e. The summed E-state index contributed by atoms with van der Waals surface area (Å²) in [5.74, 6) is -0.605. The van der Waals surface area contributed by atoms with Gasteiger partial charge in [-0.05, 0) is 55.7 Å². The number of hydrogen-bond donors (Lipinski definition) is 2. The van der Waals surface area contributed by atoms with Gasteiger partial charge in [0.2, 0.25) is 15.9 Å². The molecule has 166 valence electrons. The molecule has 2 amide bonds. The molecule has 2 N–H and O–H groups in total. The Balaban J connectivity index is 2.04. The molecule has 2 rings (SSSR count). The average molecular weight is 444 g/mol. The number of aryl methyl sites for hydroxylation is 2. The fourth-order valence-corrected chi connectivity index (χ4v) is 4.18. The predicted molar refractivity (Wildman–Crippen MR) is 125 cm³/mol. The minimum atomic E-state index is -3.49. The minimum absolute atomic E-state index is 0.111. The maximum atomic E-state index is 12.5. The van der Waals surface area contributed by atoms with E-state index in [9.17, 15) is 18.0 Å². The van der Waals surface area contributed by atoms with E-state index in [0.717, 1.165) is 17.4 Å². The van der Waals surface area contributed by atoms with Crippen molar-refractivity contribution in [3.8, 4) is 0 Å². The number of para-hydroxylation sites is 1. The van der Waals surface area contributed by atoms with Gasteiger partial charge in [0.25, 0.3) is 5.91 Å². The number of carbonyl (C=O) groups excluding carboxylic acids is 2. The molecule has 0 bridgehead atoms. The van der Waals surface area contributed by atoms with Crippen LogP contribution in [-0.4, -0.2) is 39.6 Å². The quantitative estimate of drug-likeness (QED) is 0.550. The van der Waals surface area contributed by atoms with Crippen molar-refractivity contribution < 1.29 is 18.0 Å². The fourth-order valence-electron chi connectivity index (χ4n) is 3.23. The molecule has 2 aromatic carbocycles. The van der Waals surface area contributed by atoms with Crippen LogP contribution < -0.4 is 14.9 Å². The Labute approximate surface area is 184 Å². The van der Waals surface area contributed by atoms with Gasteiger partial charge in [0.15, 0.2) is 0 Å². The Morgan fingerprint density at radius 1 is 1.10 bits per heavy atom. The van der Waals surface area contributed by atoms with E-state index in [1.165, 1.54) is 4.31 Å². The van der Waals surface area contributed by atoms with E-state index in [1.54, 1.807) is 30.3 Å². The zero-order chi connectivity index (χ0) is 23.0. The molecule has 0 aliphatic rings. The molecule has 31 heavy (non-hydrogen) atoms. The van der Waals surface area contributed by atoms with Gasteiger partial charge in [-0.1, -0.05) is 24.3 Å². The van der Waals surface area contributed by atoms with Crippen molar-refractivity contribution in [1.82, 2.24) is 5.32 Å². The van der Waals surface area contributed by atoms with Crippen LogP contribution in [0.1, 0.15) is 34.3 Å². The van der Waals surface area contributed by atoms with Gasteiger partial charge in [0.1, 0.15) is 0 Å². The Morgan fingerprint density at radius 3 is 2.35 bits per heavy atom. The normalized spacial score (nSPS) is 10.9. The predicted octanol–water partition coefficient (Wildman–Crippen LogP) is 3.40. The molecule has 0 saturated carbocycles. The van der Waals surface area contributed by atoms with Gasteiger partial charge in [0.05, 0.1) is 23.2 Å². The van der Waals surface area contributed by atoms with Crippen LogP contribution in [0.4, 0.5) is 11.4 Å². The third-order valence-electron chi connectivity index (χ3n) is 4.51. The third kappa shape index (κ3) is 7.25. The van der Waals surface area contributed by atoms with E-state index in [-0.39, 0.29) is 24.8 Å². The van der Waals surface area contributed by atoms with E-state index < -0.39 is 10.0 Å². The molecular formula is C23H29N3O4S. The summed E-state index contributed by atoms with van der Waals surface area (Å²) in [6.45, 7) is 7.88. The second kappa shape index (κ2) is 10.8.